The van der Waals surface area contributed by atoms with E-state index in [0.717, 1.165) is 79.2 Å². The van der Waals surface area contributed by atoms with E-state index in [1.807, 2.05) is 38.1 Å². The molecule has 18 nitrogen and oxygen atoms in total. The van der Waals surface area contributed by atoms with E-state index in [1.54, 1.807) is 24.7 Å². The zero-order chi connectivity index (χ0) is 45.3. The SMILES string of the molecule is Cc1coc2c(-c3nnc(N4C(=N)S/C(=C\c5ccc([N+](=O)[O-])cc5)C4=O)s3)cc(Cc3cc(-c4nnc(N5C(=N)S/C(=C\c6ccc([N+](=O)[O-])cc6)C5=O)s4)c4occ(C)c4c3)cc12. The second-order valence-corrected chi connectivity index (χ2v) is 18.6. The lowest BCUT2D eigenvalue weighted by atomic mass is 9.97. The maximum atomic E-state index is 13.6. The number of nitrogens with one attached hydrogen (secondary N) is 2. The van der Waals surface area contributed by atoms with Crippen molar-refractivity contribution < 1.29 is 28.3 Å². The number of thioether (sulfide) groups is 2. The number of nitro benzene ring substituents is 2. The minimum Gasteiger partial charge on any atom is -0.463 e. The van der Waals surface area contributed by atoms with Crippen LogP contribution in [0.3, 0.4) is 0 Å². The Morgan fingerprint density at radius 1 is 0.631 bits per heavy atom. The summed E-state index contributed by atoms with van der Waals surface area (Å²) in [6.45, 7) is 3.88. The average molecular weight is 939 g/mol. The van der Waals surface area contributed by atoms with Gasteiger partial charge in [0.1, 0.15) is 11.2 Å². The maximum Gasteiger partial charge on any atom is 0.273 e. The van der Waals surface area contributed by atoms with Gasteiger partial charge in [-0.3, -0.25) is 40.6 Å². The smallest absolute Gasteiger partial charge is 0.273 e. The third kappa shape index (κ3) is 7.56. The number of hydrogen-bond donors (Lipinski definition) is 2. The predicted molar refractivity (Wildman–Crippen MR) is 250 cm³/mol. The van der Waals surface area contributed by atoms with Gasteiger partial charge in [-0.05, 0) is 138 Å². The molecule has 22 heteroatoms. The Hall–Kier alpha value is -7.66. The zero-order valence-electron chi connectivity index (χ0n) is 33.4. The molecule has 4 aromatic carbocycles. The summed E-state index contributed by atoms with van der Waals surface area (Å²) < 4.78 is 12.1. The van der Waals surface area contributed by atoms with Gasteiger partial charge in [-0.2, -0.15) is 0 Å². The summed E-state index contributed by atoms with van der Waals surface area (Å²) in [5, 5.41) is 59.9. The van der Waals surface area contributed by atoms with Crippen molar-refractivity contribution in [2.75, 3.05) is 9.80 Å². The Morgan fingerprint density at radius 3 is 1.42 bits per heavy atom. The number of amides is 2. The van der Waals surface area contributed by atoms with E-state index >= 15 is 0 Å². The van der Waals surface area contributed by atoms with Crippen molar-refractivity contribution in [1.82, 2.24) is 20.4 Å². The number of amidine groups is 2. The number of hydrogen-bond acceptors (Lipinski definition) is 18. The largest absolute Gasteiger partial charge is 0.463 e. The van der Waals surface area contributed by atoms with Crippen molar-refractivity contribution in [2.45, 2.75) is 20.3 Å². The van der Waals surface area contributed by atoms with Crippen LogP contribution in [0.25, 0.3) is 55.2 Å². The van der Waals surface area contributed by atoms with Gasteiger partial charge in [0.15, 0.2) is 20.4 Å². The first-order valence-corrected chi connectivity index (χ1v) is 22.4. The molecular weight excluding hydrogens is 913 g/mol. The standard InChI is InChI=1S/C43H26N10O8S4/c1-20-18-60-34-28(20)12-24(14-30(34)36-46-48-42(64-36)50-38(54)32(62-40(50)44)16-22-3-7-26(8-4-22)52(56)57)11-25-13-29-21(2)19-61-35(29)31(15-25)37-47-49-43(65-37)51-39(55)33(63-41(51)45)17-23-5-9-27(10-6-23)53(58)59/h3-10,12-19,44-45H,11H2,1-2H3/b32-16-,33-17-,44-40?,45-41?. The molecule has 2 N–H and O–H groups in total. The number of aromatic nitrogens is 4. The molecule has 2 aliphatic heterocycles. The van der Waals surface area contributed by atoms with Gasteiger partial charge in [0.2, 0.25) is 10.3 Å². The number of carbonyl (C=O) groups excluding carboxylic acids is 2. The lowest BCUT2D eigenvalue weighted by Gasteiger charge is -2.09. The number of nitrogens with zero attached hydrogens (tertiary/aromatic N) is 8. The highest BCUT2D eigenvalue weighted by Gasteiger charge is 2.38. The Bertz CT molecular complexity index is 3220. The summed E-state index contributed by atoms with van der Waals surface area (Å²) in [4.78, 5) is 51.2. The van der Waals surface area contributed by atoms with Gasteiger partial charge in [-0.15, -0.1) is 20.4 Å². The van der Waals surface area contributed by atoms with Crippen LogP contribution in [0.5, 0.6) is 0 Å². The van der Waals surface area contributed by atoms with Gasteiger partial charge >= 0.3 is 0 Å². The van der Waals surface area contributed by atoms with E-state index in [2.05, 4.69) is 20.4 Å². The summed E-state index contributed by atoms with van der Waals surface area (Å²) in [6, 6.07) is 19.5. The molecule has 6 heterocycles. The fourth-order valence-electron chi connectivity index (χ4n) is 7.23. The van der Waals surface area contributed by atoms with Crippen LogP contribution in [0.4, 0.5) is 21.6 Å². The molecule has 2 saturated heterocycles. The van der Waals surface area contributed by atoms with E-state index in [0.29, 0.717) is 49.9 Å². The average Bonchev–Trinajstić information content (AvgIpc) is 4.16. The lowest BCUT2D eigenvalue weighted by molar-refractivity contribution is -0.385. The first-order chi connectivity index (χ1) is 31.3. The molecule has 4 aromatic heterocycles. The van der Waals surface area contributed by atoms with Crippen LogP contribution in [0.1, 0.15) is 33.4 Å². The first-order valence-electron chi connectivity index (χ1n) is 19.1. The van der Waals surface area contributed by atoms with Gasteiger partial charge in [0.05, 0.1) is 43.3 Å². The van der Waals surface area contributed by atoms with Crippen LogP contribution >= 0.6 is 46.2 Å². The first kappa shape index (κ1) is 41.4. The van der Waals surface area contributed by atoms with Crippen LogP contribution in [-0.2, 0) is 16.0 Å². The Balaban J connectivity index is 0.939. The number of fused-ring (bicyclic) bond motifs is 2. The summed E-state index contributed by atoms with van der Waals surface area (Å²) in [5.74, 6) is -0.940. The Morgan fingerprint density at radius 2 is 1.03 bits per heavy atom. The summed E-state index contributed by atoms with van der Waals surface area (Å²) in [6.07, 6.45) is 6.92. The quantitative estimate of drug-likeness (QED) is 0.0735. The second-order valence-electron chi connectivity index (χ2n) is 14.6. The van der Waals surface area contributed by atoms with Crippen molar-refractivity contribution in [3.05, 3.63) is 149 Å². The highest BCUT2D eigenvalue weighted by atomic mass is 32.2. The molecular formula is C43H26N10O8S4. The van der Waals surface area contributed by atoms with Crippen LogP contribution < -0.4 is 9.80 Å². The molecule has 0 spiro atoms. The van der Waals surface area contributed by atoms with Crippen molar-refractivity contribution in [3.8, 4) is 21.1 Å². The number of anilines is 2. The summed E-state index contributed by atoms with van der Waals surface area (Å²) >= 11 is 4.17. The molecule has 0 saturated carbocycles. The second kappa shape index (κ2) is 16.2. The molecule has 65 heavy (non-hydrogen) atoms. The molecule has 0 aliphatic carbocycles. The Labute approximate surface area is 381 Å². The number of furan rings is 2. The molecule has 0 unspecified atom stereocenters. The van der Waals surface area contributed by atoms with Crippen LogP contribution in [-0.4, -0.2) is 52.4 Å². The molecule has 10 rings (SSSR count). The van der Waals surface area contributed by atoms with Gasteiger partial charge in [0, 0.05) is 35.0 Å². The highest BCUT2D eigenvalue weighted by molar-refractivity contribution is 8.19. The van der Waals surface area contributed by atoms with E-state index in [-0.39, 0.29) is 41.8 Å². The van der Waals surface area contributed by atoms with Gasteiger partial charge < -0.3 is 8.83 Å². The monoisotopic (exact) mass is 938 g/mol. The molecule has 2 fully saturated rings. The molecule has 0 bridgehead atoms. The molecule has 0 radical (unpaired) electrons. The summed E-state index contributed by atoms with van der Waals surface area (Å²) in [7, 11) is 0. The minimum absolute atomic E-state index is 0.0626. The fourth-order valence-corrected chi connectivity index (χ4v) is 10.8. The van der Waals surface area contributed by atoms with E-state index < -0.39 is 21.7 Å². The number of benzene rings is 4. The fraction of sp³-hybridized carbons (Fsp3) is 0.0698. The number of non-ortho nitro benzene ring substituents is 2. The topological polar surface area (TPSA) is 252 Å². The summed E-state index contributed by atoms with van der Waals surface area (Å²) in [5.41, 5.74) is 7.06. The number of aryl methyl sites for hydroxylation is 2. The van der Waals surface area contributed by atoms with E-state index in [9.17, 15) is 29.8 Å². The van der Waals surface area contributed by atoms with Crippen molar-refractivity contribution >= 4 is 124 Å². The van der Waals surface area contributed by atoms with Gasteiger partial charge in [-0.25, -0.2) is 9.80 Å². The van der Waals surface area contributed by atoms with Crippen molar-refractivity contribution in [3.63, 3.8) is 0 Å². The van der Waals surface area contributed by atoms with Crippen LogP contribution in [0.15, 0.2) is 104 Å². The molecule has 320 valence electrons. The number of rotatable bonds is 10. The van der Waals surface area contributed by atoms with Crippen LogP contribution in [0, 0.1) is 44.9 Å². The third-order valence-corrected chi connectivity index (χ3v) is 14.0. The van der Waals surface area contributed by atoms with E-state index in [4.69, 9.17) is 19.7 Å². The van der Waals surface area contributed by atoms with Crippen molar-refractivity contribution in [1.29, 1.82) is 10.8 Å². The predicted octanol–water partition coefficient (Wildman–Crippen LogP) is 10.4. The number of carbonyl (C=O) groups is 2. The number of nitro groups is 2. The lowest BCUT2D eigenvalue weighted by Crippen LogP contribution is -2.27. The van der Waals surface area contributed by atoms with E-state index in [1.165, 1.54) is 58.3 Å². The van der Waals surface area contributed by atoms with Crippen LogP contribution in [0.2, 0.25) is 0 Å². The minimum atomic E-state index is -0.502. The maximum absolute atomic E-state index is 13.6. The highest BCUT2D eigenvalue weighted by Crippen LogP contribution is 2.43. The molecule has 0 atom stereocenters. The molecule has 8 aromatic rings. The van der Waals surface area contributed by atoms with Gasteiger partial charge in [-0.1, -0.05) is 22.7 Å². The Kier molecular flexibility index (Phi) is 10.3. The molecule has 2 amide bonds. The third-order valence-electron chi connectivity index (χ3n) is 10.4. The molecule has 2 aliphatic rings. The van der Waals surface area contributed by atoms with Crippen molar-refractivity contribution in [2.24, 2.45) is 0 Å². The normalized spacial score (nSPS) is 15.5. The van der Waals surface area contributed by atoms with Gasteiger partial charge in [0.25, 0.3) is 23.2 Å². The zero-order valence-corrected chi connectivity index (χ0v) is 36.7.